The highest BCUT2D eigenvalue weighted by molar-refractivity contribution is 14.1. The predicted molar refractivity (Wildman–Crippen MR) is 115 cm³/mol. The number of alkyl carbamates (subject to hydrolysis) is 1. The molecule has 1 N–H and O–H groups in total. The van der Waals surface area contributed by atoms with Gasteiger partial charge in [0.05, 0.1) is 10.3 Å². The average molecular weight is 501 g/mol. The van der Waals surface area contributed by atoms with E-state index < -0.39 is 11.7 Å². The number of fused-ring (bicyclic) bond motifs is 1. The summed E-state index contributed by atoms with van der Waals surface area (Å²) in [6.45, 7) is 6.60. The first kappa shape index (κ1) is 20.6. The summed E-state index contributed by atoms with van der Waals surface area (Å²) in [4.78, 5) is 25.5. The van der Waals surface area contributed by atoms with Gasteiger partial charge in [0.2, 0.25) is 0 Å². The van der Waals surface area contributed by atoms with Crippen molar-refractivity contribution in [3.63, 3.8) is 0 Å². The summed E-state index contributed by atoms with van der Waals surface area (Å²) in [5.41, 5.74) is 0.785. The molecule has 0 bridgehead atoms. The van der Waals surface area contributed by atoms with E-state index in [4.69, 9.17) is 4.74 Å². The van der Waals surface area contributed by atoms with Gasteiger partial charge in [0.1, 0.15) is 16.8 Å². The number of piperidine rings is 1. The van der Waals surface area contributed by atoms with Gasteiger partial charge < -0.3 is 15.0 Å². The highest BCUT2D eigenvalue weighted by Gasteiger charge is 2.31. The number of carbonyl (C=O) groups is 1. The number of nitro benzene ring substituents is 1. The van der Waals surface area contributed by atoms with Gasteiger partial charge in [-0.25, -0.2) is 4.79 Å². The first-order valence-corrected chi connectivity index (χ1v) is 10.2. The summed E-state index contributed by atoms with van der Waals surface area (Å²) in [7, 11) is 1.80. The van der Waals surface area contributed by atoms with Gasteiger partial charge in [-0.1, -0.05) is 0 Å². The molecule has 0 radical (unpaired) electrons. The van der Waals surface area contributed by atoms with Crippen molar-refractivity contribution in [2.75, 3.05) is 18.0 Å². The average Bonchev–Trinajstić information content (AvgIpc) is 2.95. The Kier molecular flexibility index (Phi) is 5.69. The molecule has 2 heterocycles. The van der Waals surface area contributed by atoms with Gasteiger partial charge in [-0.05, 0) is 56.2 Å². The maximum Gasteiger partial charge on any atom is 0.407 e. The lowest BCUT2D eigenvalue weighted by molar-refractivity contribution is -0.384. The molecular weight excluding hydrogens is 477 g/mol. The predicted octanol–water partition coefficient (Wildman–Crippen LogP) is 3.58. The summed E-state index contributed by atoms with van der Waals surface area (Å²) in [6, 6.07) is 1.42. The number of carbonyl (C=O) groups excluding carboxylic acids is 1. The number of hydrogen-bond donors (Lipinski definition) is 1. The van der Waals surface area contributed by atoms with Crippen LogP contribution in [0.4, 0.5) is 16.2 Å². The molecule has 1 aliphatic heterocycles. The van der Waals surface area contributed by atoms with E-state index in [-0.39, 0.29) is 16.7 Å². The van der Waals surface area contributed by atoms with Crippen LogP contribution in [0.2, 0.25) is 0 Å². The van der Waals surface area contributed by atoms with Crippen LogP contribution in [0.3, 0.4) is 0 Å². The van der Waals surface area contributed by atoms with E-state index >= 15 is 0 Å². The number of halogens is 1. The van der Waals surface area contributed by atoms with E-state index in [9.17, 15) is 14.9 Å². The molecule has 1 saturated heterocycles. The molecule has 10 heteroatoms. The summed E-state index contributed by atoms with van der Waals surface area (Å²) in [6.07, 6.45) is 2.95. The second-order valence-corrected chi connectivity index (χ2v) is 9.14. The number of anilines is 1. The Morgan fingerprint density at radius 1 is 1.46 bits per heavy atom. The lowest BCUT2D eigenvalue weighted by Crippen LogP contribution is -2.49. The molecule has 0 unspecified atom stereocenters. The van der Waals surface area contributed by atoms with Crippen molar-refractivity contribution in [2.45, 2.75) is 45.3 Å². The number of rotatable bonds is 3. The van der Waals surface area contributed by atoms with Crippen LogP contribution in [0.15, 0.2) is 12.3 Å². The maximum atomic E-state index is 12.1. The molecular formula is C18H24IN5O4. The number of amides is 1. The van der Waals surface area contributed by atoms with Crippen LogP contribution in [0, 0.1) is 13.7 Å². The second kappa shape index (κ2) is 7.72. The van der Waals surface area contributed by atoms with Crippen LogP contribution < -0.4 is 10.2 Å². The Bertz CT molecular complexity index is 921. The maximum absolute atomic E-state index is 12.1. The van der Waals surface area contributed by atoms with Crippen molar-refractivity contribution >= 4 is 51.0 Å². The number of aryl methyl sites for hydroxylation is 1. The normalized spacial score (nSPS) is 17.6. The van der Waals surface area contributed by atoms with Crippen molar-refractivity contribution < 1.29 is 14.5 Å². The zero-order valence-corrected chi connectivity index (χ0v) is 18.5. The van der Waals surface area contributed by atoms with Crippen molar-refractivity contribution in [1.82, 2.24) is 15.1 Å². The fourth-order valence-electron chi connectivity index (χ4n) is 3.48. The number of hydrogen-bond acceptors (Lipinski definition) is 6. The van der Waals surface area contributed by atoms with Crippen LogP contribution in [0.5, 0.6) is 0 Å². The van der Waals surface area contributed by atoms with Crippen molar-refractivity contribution in [3.05, 3.63) is 25.9 Å². The van der Waals surface area contributed by atoms with Gasteiger partial charge in [0.15, 0.2) is 0 Å². The van der Waals surface area contributed by atoms with Gasteiger partial charge >= 0.3 is 6.09 Å². The third-order valence-electron chi connectivity index (χ3n) is 4.47. The van der Waals surface area contributed by atoms with E-state index in [1.54, 1.807) is 17.8 Å². The van der Waals surface area contributed by atoms with Gasteiger partial charge in [0.25, 0.3) is 5.69 Å². The lowest BCUT2D eigenvalue weighted by atomic mass is 10.0. The van der Waals surface area contributed by atoms with Crippen LogP contribution >= 0.6 is 22.6 Å². The van der Waals surface area contributed by atoms with Gasteiger partial charge in [0, 0.05) is 42.0 Å². The molecule has 1 aliphatic rings. The quantitative estimate of drug-likeness (QED) is 0.392. The monoisotopic (exact) mass is 501 g/mol. The van der Waals surface area contributed by atoms with Crippen LogP contribution in [-0.4, -0.2) is 45.5 Å². The summed E-state index contributed by atoms with van der Waals surface area (Å²) in [5, 5.41) is 19.8. The molecule has 3 rings (SSSR count). The Balaban J connectivity index is 1.91. The van der Waals surface area contributed by atoms with E-state index in [0.29, 0.717) is 18.8 Å². The van der Waals surface area contributed by atoms with Crippen LogP contribution in [-0.2, 0) is 11.8 Å². The highest BCUT2D eigenvalue weighted by atomic mass is 127. The smallest absolute Gasteiger partial charge is 0.407 e. The van der Waals surface area contributed by atoms with E-state index in [1.807, 2.05) is 31.9 Å². The molecule has 1 atom stereocenters. The molecule has 1 fully saturated rings. The summed E-state index contributed by atoms with van der Waals surface area (Å²) >= 11 is 2.08. The minimum Gasteiger partial charge on any atom is -0.444 e. The van der Waals surface area contributed by atoms with Crippen LogP contribution in [0.25, 0.3) is 10.9 Å². The third kappa shape index (κ3) is 4.47. The molecule has 1 aromatic carbocycles. The van der Waals surface area contributed by atoms with E-state index in [1.165, 1.54) is 0 Å². The summed E-state index contributed by atoms with van der Waals surface area (Å²) in [5.74, 6) is 0. The standard InChI is InChI=1S/C18H24IN5O4/c1-18(2,3)28-17(25)20-11-6-5-7-23(9-11)16-12-10-22(4)21-15(12)13(19)8-14(16)24(26)27/h8,10-11H,5-7,9H2,1-4H3,(H,20,25)/t11-/m1/s1. The lowest BCUT2D eigenvalue weighted by Gasteiger charge is -2.35. The molecule has 28 heavy (non-hydrogen) atoms. The number of benzene rings is 1. The number of nitro groups is 1. The highest BCUT2D eigenvalue weighted by Crippen LogP contribution is 2.39. The second-order valence-electron chi connectivity index (χ2n) is 7.98. The summed E-state index contributed by atoms with van der Waals surface area (Å²) < 4.78 is 7.75. The number of nitrogens with one attached hydrogen (secondary N) is 1. The van der Waals surface area contributed by atoms with Gasteiger partial charge in [-0.2, -0.15) is 5.10 Å². The van der Waals surface area contributed by atoms with Crippen molar-refractivity contribution in [1.29, 1.82) is 0 Å². The van der Waals surface area contributed by atoms with Crippen molar-refractivity contribution in [2.24, 2.45) is 7.05 Å². The van der Waals surface area contributed by atoms with Crippen molar-refractivity contribution in [3.8, 4) is 0 Å². The van der Waals surface area contributed by atoms with E-state index in [0.717, 1.165) is 27.3 Å². The Morgan fingerprint density at radius 3 is 2.82 bits per heavy atom. The van der Waals surface area contributed by atoms with E-state index in [2.05, 4.69) is 33.0 Å². The van der Waals surface area contributed by atoms with Gasteiger partial charge in [-0.15, -0.1) is 0 Å². The topological polar surface area (TPSA) is 103 Å². The third-order valence-corrected chi connectivity index (χ3v) is 5.29. The molecule has 1 amide bonds. The fourth-order valence-corrected chi connectivity index (χ4v) is 4.17. The molecule has 0 saturated carbocycles. The molecule has 152 valence electrons. The largest absolute Gasteiger partial charge is 0.444 e. The van der Waals surface area contributed by atoms with Crippen LogP contribution in [0.1, 0.15) is 33.6 Å². The zero-order valence-electron chi connectivity index (χ0n) is 16.4. The first-order chi connectivity index (χ1) is 13.0. The molecule has 1 aromatic heterocycles. The van der Waals surface area contributed by atoms with Gasteiger partial charge in [-0.3, -0.25) is 14.8 Å². The molecule has 2 aromatic rings. The first-order valence-electron chi connectivity index (χ1n) is 9.10. The zero-order chi connectivity index (χ0) is 20.6. The SMILES string of the molecule is Cn1cc2c(N3CCC[C@@H](NC(=O)OC(C)(C)C)C3)c([N+](=O)[O-])cc(I)c2n1. The Morgan fingerprint density at radius 2 is 2.18 bits per heavy atom. The fraction of sp³-hybridized carbons (Fsp3) is 0.556. The minimum absolute atomic E-state index is 0.0582. The Labute approximate surface area is 176 Å². The number of nitrogens with zero attached hydrogens (tertiary/aromatic N) is 4. The Hall–Kier alpha value is -2.11. The molecule has 0 spiro atoms. The number of ether oxygens (including phenoxy) is 1. The minimum atomic E-state index is -0.574. The molecule has 0 aliphatic carbocycles. The molecule has 9 nitrogen and oxygen atoms in total. The number of aromatic nitrogens is 2.